The summed E-state index contributed by atoms with van der Waals surface area (Å²) in [5.74, 6) is 1.43. The topological polar surface area (TPSA) is 83.8 Å². The number of hydrogen-bond acceptors (Lipinski definition) is 4. The van der Waals surface area contributed by atoms with E-state index >= 15 is 0 Å². The molecule has 2 aromatic rings. The number of rotatable bonds is 3. The van der Waals surface area contributed by atoms with Crippen LogP contribution in [-0.2, 0) is 0 Å². The zero-order valence-electron chi connectivity index (χ0n) is 11.4. The number of aromatic nitrogens is 2. The van der Waals surface area contributed by atoms with Gasteiger partial charge in [0.2, 0.25) is 0 Å². The van der Waals surface area contributed by atoms with Gasteiger partial charge in [0, 0.05) is 23.6 Å². The first kappa shape index (κ1) is 15.5. The Morgan fingerprint density at radius 1 is 1.29 bits per heavy atom. The Bertz CT molecular complexity index is 623. The molecule has 6 nitrogen and oxygen atoms in total. The Balaban J connectivity index is 0.00000161. The van der Waals surface area contributed by atoms with Crippen molar-refractivity contribution in [1.29, 1.82) is 0 Å². The van der Waals surface area contributed by atoms with Crippen LogP contribution >= 0.6 is 12.4 Å². The van der Waals surface area contributed by atoms with Gasteiger partial charge in [-0.3, -0.25) is 10.1 Å². The molecule has 7 heteroatoms. The second kappa shape index (κ2) is 6.69. The van der Waals surface area contributed by atoms with Gasteiger partial charge in [0.25, 0.3) is 5.69 Å². The Morgan fingerprint density at radius 3 is 2.76 bits per heavy atom. The average Bonchev–Trinajstić information content (AvgIpc) is 2.98. The van der Waals surface area contributed by atoms with Crippen LogP contribution in [0.2, 0.25) is 0 Å². The number of nitro groups is 1. The number of nitro benzene ring substituents is 1. The van der Waals surface area contributed by atoms with Crippen molar-refractivity contribution in [2.75, 3.05) is 13.1 Å². The number of non-ortho nitro benzene ring substituents is 1. The molecule has 1 aliphatic rings. The Kier molecular flexibility index (Phi) is 4.93. The monoisotopic (exact) mass is 308 g/mol. The SMILES string of the molecule is Cl.O=[N+]([O-])c1cccc(-c2cnc(C3CCNCC3)[nH]2)c1. The standard InChI is InChI=1S/C14H16N4O2.ClH/c19-18(20)12-3-1-2-11(8-12)13-9-16-14(17-13)10-4-6-15-7-5-10;/h1-3,8-10,15H,4-7H2,(H,16,17);1H. The minimum Gasteiger partial charge on any atom is -0.342 e. The summed E-state index contributed by atoms with van der Waals surface area (Å²) in [6, 6.07) is 6.61. The first-order valence-electron chi connectivity index (χ1n) is 6.74. The number of benzene rings is 1. The zero-order chi connectivity index (χ0) is 13.9. The molecule has 0 amide bonds. The fraction of sp³-hybridized carbons (Fsp3) is 0.357. The van der Waals surface area contributed by atoms with Gasteiger partial charge in [-0.25, -0.2) is 4.98 Å². The summed E-state index contributed by atoms with van der Waals surface area (Å²) in [6.07, 6.45) is 3.90. The molecule has 0 atom stereocenters. The summed E-state index contributed by atoms with van der Waals surface area (Å²) in [4.78, 5) is 18.2. The second-order valence-corrected chi connectivity index (χ2v) is 5.01. The highest BCUT2D eigenvalue weighted by Gasteiger charge is 2.18. The van der Waals surface area contributed by atoms with Crippen LogP contribution in [-0.4, -0.2) is 28.0 Å². The maximum atomic E-state index is 10.8. The van der Waals surface area contributed by atoms with Gasteiger partial charge in [-0.2, -0.15) is 0 Å². The van der Waals surface area contributed by atoms with E-state index < -0.39 is 0 Å². The minimum absolute atomic E-state index is 0. The summed E-state index contributed by atoms with van der Waals surface area (Å²) in [7, 11) is 0. The molecule has 0 spiro atoms. The maximum absolute atomic E-state index is 10.8. The Morgan fingerprint density at radius 2 is 2.05 bits per heavy atom. The smallest absolute Gasteiger partial charge is 0.270 e. The molecule has 0 bridgehead atoms. The largest absolute Gasteiger partial charge is 0.342 e. The molecule has 0 unspecified atom stereocenters. The van der Waals surface area contributed by atoms with E-state index in [2.05, 4.69) is 15.3 Å². The number of piperidine rings is 1. The lowest BCUT2D eigenvalue weighted by atomic mass is 9.98. The Labute approximate surface area is 128 Å². The van der Waals surface area contributed by atoms with E-state index in [0.717, 1.165) is 43.0 Å². The van der Waals surface area contributed by atoms with Crippen LogP contribution in [0.3, 0.4) is 0 Å². The van der Waals surface area contributed by atoms with Crippen LogP contribution in [0.1, 0.15) is 24.6 Å². The molecule has 1 fully saturated rings. The van der Waals surface area contributed by atoms with Crippen LogP contribution in [0.4, 0.5) is 5.69 Å². The van der Waals surface area contributed by atoms with E-state index in [9.17, 15) is 10.1 Å². The molecule has 0 radical (unpaired) electrons. The van der Waals surface area contributed by atoms with E-state index in [1.165, 1.54) is 6.07 Å². The van der Waals surface area contributed by atoms with Crippen molar-refractivity contribution in [3.8, 4) is 11.3 Å². The van der Waals surface area contributed by atoms with Crippen molar-refractivity contribution in [1.82, 2.24) is 15.3 Å². The Hall–Kier alpha value is -1.92. The molecule has 2 heterocycles. The van der Waals surface area contributed by atoms with Crippen LogP contribution in [0, 0.1) is 10.1 Å². The van der Waals surface area contributed by atoms with Gasteiger partial charge >= 0.3 is 0 Å². The number of aromatic amines is 1. The summed E-state index contributed by atoms with van der Waals surface area (Å²) < 4.78 is 0. The van der Waals surface area contributed by atoms with Crippen molar-refractivity contribution in [2.45, 2.75) is 18.8 Å². The molecule has 112 valence electrons. The van der Waals surface area contributed by atoms with E-state index in [0.29, 0.717) is 5.92 Å². The summed E-state index contributed by atoms with van der Waals surface area (Å²) in [5.41, 5.74) is 1.73. The van der Waals surface area contributed by atoms with Gasteiger partial charge in [-0.1, -0.05) is 12.1 Å². The molecule has 3 rings (SSSR count). The lowest BCUT2D eigenvalue weighted by Crippen LogP contribution is -2.27. The maximum Gasteiger partial charge on any atom is 0.270 e. The quantitative estimate of drug-likeness (QED) is 0.674. The molecule has 0 saturated carbocycles. The van der Waals surface area contributed by atoms with Gasteiger partial charge in [0.05, 0.1) is 16.8 Å². The summed E-state index contributed by atoms with van der Waals surface area (Å²) in [5, 5.41) is 14.1. The average molecular weight is 309 g/mol. The predicted octanol–water partition coefficient (Wildman–Crippen LogP) is 2.87. The number of hydrogen-bond donors (Lipinski definition) is 2. The summed E-state index contributed by atoms with van der Waals surface area (Å²) >= 11 is 0. The molecule has 1 saturated heterocycles. The fourth-order valence-electron chi connectivity index (χ4n) is 2.57. The molecule has 0 aliphatic carbocycles. The van der Waals surface area contributed by atoms with Gasteiger partial charge in [0.1, 0.15) is 5.82 Å². The minimum atomic E-state index is -0.381. The van der Waals surface area contributed by atoms with Crippen LogP contribution in [0.25, 0.3) is 11.3 Å². The van der Waals surface area contributed by atoms with Gasteiger partial charge < -0.3 is 10.3 Å². The highest BCUT2D eigenvalue weighted by Crippen LogP contribution is 2.27. The number of nitrogens with zero attached hydrogens (tertiary/aromatic N) is 2. The number of nitrogens with one attached hydrogen (secondary N) is 2. The van der Waals surface area contributed by atoms with E-state index in [4.69, 9.17) is 0 Å². The number of imidazole rings is 1. The fourth-order valence-corrected chi connectivity index (χ4v) is 2.57. The van der Waals surface area contributed by atoms with E-state index in [1.807, 2.05) is 6.07 Å². The van der Waals surface area contributed by atoms with Crippen molar-refractivity contribution >= 4 is 18.1 Å². The lowest BCUT2D eigenvalue weighted by molar-refractivity contribution is -0.384. The van der Waals surface area contributed by atoms with E-state index in [1.54, 1.807) is 18.3 Å². The molecule has 1 aromatic heterocycles. The van der Waals surface area contributed by atoms with Gasteiger partial charge in [-0.05, 0) is 25.9 Å². The summed E-state index contributed by atoms with van der Waals surface area (Å²) in [6.45, 7) is 2.02. The first-order chi connectivity index (χ1) is 9.74. The van der Waals surface area contributed by atoms with Crippen molar-refractivity contribution in [3.05, 3.63) is 46.4 Å². The predicted molar refractivity (Wildman–Crippen MR) is 82.8 cm³/mol. The van der Waals surface area contributed by atoms with Crippen LogP contribution < -0.4 is 5.32 Å². The third-order valence-corrected chi connectivity index (χ3v) is 3.69. The normalized spacial score (nSPS) is 15.4. The van der Waals surface area contributed by atoms with Crippen molar-refractivity contribution in [2.24, 2.45) is 0 Å². The van der Waals surface area contributed by atoms with Crippen molar-refractivity contribution < 1.29 is 4.92 Å². The first-order valence-corrected chi connectivity index (χ1v) is 6.74. The third kappa shape index (κ3) is 3.40. The highest BCUT2D eigenvalue weighted by molar-refractivity contribution is 5.85. The molecule has 21 heavy (non-hydrogen) atoms. The van der Waals surface area contributed by atoms with Crippen LogP contribution in [0.5, 0.6) is 0 Å². The highest BCUT2D eigenvalue weighted by atomic mass is 35.5. The molecule has 1 aromatic carbocycles. The van der Waals surface area contributed by atoms with Gasteiger partial charge in [0.15, 0.2) is 0 Å². The molecular formula is C14H17ClN4O2. The van der Waals surface area contributed by atoms with Crippen LogP contribution in [0.15, 0.2) is 30.5 Å². The number of H-pyrrole nitrogens is 1. The second-order valence-electron chi connectivity index (χ2n) is 5.01. The zero-order valence-corrected chi connectivity index (χ0v) is 12.2. The number of halogens is 1. The molecule has 1 aliphatic heterocycles. The lowest BCUT2D eigenvalue weighted by Gasteiger charge is -2.20. The van der Waals surface area contributed by atoms with Crippen molar-refractivity contribution in [3.63, 3.8) is 0 Å². The van der Waals surface area contributed by atoms with Gasteiger partial charge in [-0.15, -0.1) is 12.4 Å². The molecular weight excluding hydrogens is 292 g/mol. The third-order valence-electron chi connectivity index (χ3n) is 3.69. The van der Waals surface area contributed by atoms with E-state index in [-0.39, 0.29) is 23.0 Å². The molecule has 2 N–H and O–H groups in total.